The van der Waals surface area contributed by atoms with E-state index in [9.17, 15) is 4.79 Å². The number of aromatic nitrogens is 1. The van der Waals surface area contributed by atoms with E-state index in [-0.39, 0.29) is 5.97 Å². The molecular weight excluding hydrogens is 270 g/mol. The van der Waals surface area contributed by atoms with E-state index in [4.69, 9.17) is 15.2 Å². The van der Waals surface area contributed by atoms with Crippen molar-refractivity contribution in [1.82, 2.24) is 4.98 Å². The number of nitrogen functional groups attached to an aromatic ring is 1. The highest BCUT2D eigenvalue weighted by Crippen LogP contribution is 2.22. The first kappa shape index (κ1) is 17.1. The molecule has 6 nitrogen and oxygen atoms in total. The van der Waals surface area contributed by atoms with Crippen molar-refractivity contribution < 1.29 is 14.3 Å². The Morgan fingerprint density at radius 1 is 1.43 bits per heavy atom. The van der Waals surface area contributed by atoms with Gasteiger partial charge in [0.15, 0.2) is 0 Å². The summed E-state index contributed by atoms with van der Waals surface area (Å²) in [6.07, 6.45) is 1.53. The lowest BCUT2D eigenvalue weighted by molar-refractivity contribution is -0.141. The summed E-state index contributed by atoms with van der Waals surface area (Å²) in [5.74, 6) is 0.978. The Hall–Kier alpha value is -1.98. The number of esters is 1. The van der Waals surface area contributed by atoms with Gasteiger partial charge in [-0.1, -0.05) is 20.8 Å². The molecule has 0 amide bonds. The number of hydrogen-bond donors (Lipinski definition) is 2. The molecule has 0 bridgehead atoms. The van der Waals surface area contributed by atoms with E-state index >= 15 is 0 Å². The van der Waals surface area contributed by atoms with Gasteiger partial charge in [0.05, 0.1) is 19.4 Å². The van der Waals surface area contributed by atoms with E-state index in [0.717, 1.165) is 6.42 Å². The summed E-state index contributed by atoms with van der Waals surface area (Å²) in [6.45, 7) is 6.65. The van der Waals surface area contributed by atoms with Gasteiger partial charge in [-0.25, -0.2) is 4.79 Å². The normalized spacial score (nSPS) is 12.0. The van der Waals surface area contributed by atoms with Gasteiger partial charge in [0.1, 0.15) is 11.9 Å². The van der Waals surface area contributed by atoms with Crippen molar-refractivity contribution in [3.8, 4) is 5.88 Å². The Morgan fingerprint density at radius 3 is 2.71 bits per heavy atom. The predicted octanol–water partition coefficient (Wildman–Crippen LogP) is 2.45. The summed E-state index contributed by atoms with van der Waals surface area (Å²) < 4.78 is 10.3. The molecule has 1 unspecified atom stereocenters. The molecule has 0 spiro atoms. The van der Waals surface area contributed by atoms with Crippen LogP contribution in [0.3, 0.4) is 0 Å². The molecule has 0 saturated carbocycles. The highest BCUT2D eigenvalue weighted by atomic mass is 16.5. The molecule has 1 aromatic heterocycles. The van der Waals surface area contributed by atoms with Gasteiger partial charge in [-0.15, -0.1) is 0 Å². The van der Waals surface area contributed by atoms with Crippen LogP contribution >= 0.6 is 0 Å². The van der Waals surface area contributed by atoms with E-state index in [1.807, 2.05) is 20.8 Å². The van der Waals surface area contributed by atoms with Crippen molar-refractivity contribution in [1.29, 1.82) is 0 Å². The van der Waals surface area contributed by atoms with Gasteiger partial charge in [0, 0.05) is 0 Å². The van der Waals surface area contributed by atoms with Crippen molar-refractivity contribution in [2.75, 3.05) is 24.8 Å². The number of carbonyl (C=O) groups is 1. The lowest BCUT2D eigenvalue weighted by Gasteiger charge is -2.19. The van der Waals surface area contributed by atoms with Crippen LogP contribution < -0.4 is 15.8 Å². The maximum atomic E-state index is 11.8. The Labute approximate surface area is 126 Å². The second-order valence-electron chi connectivity index (χ2n) is 5.29. The molecule has 21 heavy (non-hydrogen) atoms. The number of carbonyl (C=O) groups excluding carboxylic acids is 1. The van der Waals surface area contributed by atoms with Crippen LogP contribution in [0.5, 0.6) is 5.88 Å². The van der Waals surface area contributed by atoms with Crippen molar-refractivity contribution >= 4 is 17.5 Å². The third kappa shape index (κ3) is 5.49. The average Bonchev–Trinajstić information content (AvgIpc) is 2.45. The van der Waals surface area contributed by atoms with Crippen molar-refractivity contribution in [3.05, 3.63) is 12.1 Å². The molecule has 6 heteroatoms. The molecular formula is C15H25N3O3. The number of nitrogens with two attached hydrogens (primary N) is 1. The van der Waals surface area contributed by atoms with Gasteiger partial charge in [-0.05, 0) is 30.9 Å². The topological polar surface area (TPSA) is 86.5 Å². The zero-order chi connectivity index (χ0) is 15.8. The van der Waals surface area contributed by atoms with Crippen molar-refractivity contribution in [3.63, 3.8) is 0 Å². The molecule has 1 rings (SSSR count). The molecule has 0 aliphatic carbocycles. The number of rotatable bonds is 8. The number of nitrogens with one attached hydrogen (secondary N) is 1. The second kappa shape index (κ2) is 8.34. The number of nitrogens with zero attached hydrogens (tertiary/aromatic N) is 1. The number of methoxy groups -OCH3 is 1. The summed E-state index contributed by atoms with van der Waals surface area (Å²) in [5.41, 5.74) is 6.30. The lowest BCUT2D eigenvalue weighted by atomic mass is 10.0. The van der Waals surface area contributed by atoms with Crippen LogP contribution in [0.2, 0.25) is 0 Å². The number of anilines is 2. The first-order chi connectivity index (χ1) is 9.97. The minimum absolute atomic E-state index is 0.307. The van der Waals surface area contributed by atoms with Crippen LogP contribution in [0.25, 0.3) is 0 Å². The summed E-state index contributed by atoms with van der Waals surface area (Å²) in [6, 6.07) is 3.00. The fourth-order valence-electron chi connectivity index (χ4n) is 1.85. The van der Waals surface area contributed by atoms with Gasteiger partial charge in [-0.3, -0.25) is 0 Å². The number of ether oxygens (including phenoxy) is 2. The van der Waals surface area contributed by atoms with E-state index in [0.29, 0.717) is 36.3 Å². The van der Waals surface area contributed by atoms with E-state index in [1.54, 1.807) is 12.1 Å². The van der Waals surface area contributed by atoms with Crippen molar-refractivity contribution in [2.24, 2.45) is 5.92 Å². The monoisotopic (exact) mass is 295 g/mol. The lowest BCUT2D eigenvalue weighted by Crippen LogP contribution is -2.32. The van der Waals surface area contributed by atoms with Crippen LogP contribution in [-0.2, 0) is 9.53 Å². The van der Waals surface area contributed by atoms with Crippen LogP contribution in [0, 0.1) is 5.92 Å². The van der Waals surface area contributed by atoms with Crippen molar-refractivity contribution in [2.45, 2.75) is 39.7 Å². The van der Waals surface area contributed by atoms with E-state index in [2.05, 4.69) is 10.3 Å². The Morgan fingerprint density at radius 2 is 2.14 bits per heavy atom. The molecule has 1 heterocycles. The largest absolute Gasteiger partial charge is 0.476 e. The minimum Gasteiger partial charge on any atom is -0.476 e. The molecule has 118 valence electrons. The molecule has 0 aromatic carbocycles. The van der Waals surface area contributed by atoms with Crippen LogP contribution in [-0.4, -0.2) is 30.7 Å². The first-order valence-electron chi connectivity index (χ1n) is 7.21. The third-order valence-corrected chi connectivity index (χ3v) is 2.85. The Bertz CT molecular complexity index is 463. The molecule has 0 aliphatic heterocycles. The molecule has 0 aliphatic rings. The number of pyridine rings is 1. The Balaban J connectivity index is 2.85. The summed E-state index contributed by atoms with van der Waals surface area (Å²) >= 11 is 0. The fourth-order valence-corrected chi connectivity index (χ4v) is 1.85. The van der Waals surface area contributed by atoms with Gasteiger partial charge >= 0.3 is 5.97 Å². The van der Waals surface area contributed by atoms with E-state index in [1.165, 1.54) is 7.11 Å². The van der Waals surface area contributed by atoms with Gasteiger partial charge < -0.3 is 20.5 Å². The van der Waals surface area contributed by atoms with E-state index < -0.39 is 6.04 Å². The zero-order valence-electron chi connectivity index (χ0n) is 13.2. The maximum absolute atomic E-state index is 11.8. The van der Waals surface area contributed by atoms with Crippen LogP contribution in [0.4, 0.5) is 11.5 Å². The smallest absolute Gasteiger partial charge is 0.328 e. The van der Waals surface area contributed by atoms with Crippen LogP contribution in [0.1, 0.15) is 33.6 Å². The highest BCUT2D eigenvalue weighted by molar-refractivity contribution is 5.79. The molecule has 1 aromatic rings. The first-order valence-corrected chi connectivity index (χ1v) is 7.21. The molecule has 0 radical (unpaired) electrons. The number of hydrogen-bond acceptors (Lipinski definition) is 6. The standard InChI is InChI=1S/C15H25N3O3/c1-5-8-21-14-11(16)6-7-13(18-14)17-12(9-10(2)3)15(19)20-4/h6-7,10,12H,5,8-9,16H2,1-4H3,(H,17,18). The van der Waals surface area contributed by atoms with Gasteiger partial charge in [0.2, 0.25) is 5.88 Å². The molecule has 0 fully saturated rings. The maximum Gasteiger partial charge on any atom is 0.328 e. The SMILES string of the molecule is CCCOc1nc(NC(CC(C)C)C(=O)OC)ccc1N. The highest BCUT2D eigenvalue weighted by Gasteiger charge is 2.21. The van der Waals surface area contributed by atoms with Crippen LogP contribution in [0.15, 0.2) is 12.1 Å². The molecule has 1 atom stereocenters. The predicted molar refractivity (Wildman–Crippen MR) is 83.3 cm³/mol. The quantitative estimate of drug-likeness (QED) is 0.716. The van der Waals surface area contributed by atoms with Gasteiger partial charge in [-0.2, -0.15) is 4.98 Å². The summed E-state index contributed by atoms with van der Waals surface area (Å²) in [4.78, 5) is 16.1. The molecule has 3 N–H and O–H groups in total. The summed E-state index contributed by atoms with van der Waals surface area (Å²) in [5, 5.41) is 3.08. The zero-order valence-corrected chi connectivity index (χ0v) is 13.2. The average molecular weight is 295 g/mol. The Kier molecular flexibility index (Phi) is 6.78. The fraction of sp³-hybridized carbons (Fsp3) is 0.600. The molecule has 0 saturated heterocycles. The van der Waals surface area contributed by atoms with Gasteiger partial charge in [0.25, 0.3) is 0 Å². The summed E-state index contributed by atoms with van der Waals surface area (Å²) in [7, 11) is 1.38. The minimum atomic E-state index is -0.440. The second-order valence-corrected chi connectivity index (χ2v) is 5.29. The third-order valence-electron chi connectivity index (χ3n) is 2.85.